The van der Waals surface area contributed by atoms with Crippen molar-refractivity contribution < 1.29 is 139 Å². The summed E-state index contributed by atoms with van der Waals surface area (Å²) in [7, 11) is 0. The highest BCUT2D eigenvalue weighted by Gasteiger charge is 2.28. The van der Waals surface area contributed by atoms with Crippen molar-refractivity contribution in [3.8, 4) is 28.7 Å². The van der Waals surface area contributed by atoms with Crippen molar-refractivity contribution in [2.75, 3.05) is 0 Å². The first-order valence-electron chi connectivity index (χ1n) is 36.1. The van der Waals surface area contributed by atoms with Crippen molar-refractivity contribution in [1.29, 1.82) is 0 Å². The van der Waals surface area contributed by atoms with E-state index in [-0.39, 0.29) is 28.2 Å². The maximum atomic E-state index is 10.6. The van der Waals surface area contributed by atoms with Gasteiger partial charge in [0, 0.05) is 37.5 Å². The van der Waals surface area contributed by atoms with Crippen LogP contribution in [0.1, 0.15) is 268 Å². The highest BCUT2D eigenvalue weighted by Crippen LogP contribution is 2.36. The molecule has 0 amide bonds. The number of hydrogen-bond acceptors (Lipinski definition) is 24. The number of para-hydroxylation sites is 1. The summed E-state index contributed by atoms with van der Waals surface area (Å²) in [5, 5.41) is 173. The van der Waals surface area contributed by atoms with Crippen molar-refractivity contribution in [2.45, 2.75) is 207 Å². The maximum Gasteiger partial charge on any atom is 0.340 e. The largest absolute Gasteiger partial charge is 0.508 e. The number of benzene rings is 6. The van der Waals surface area contributed by atoms with Crippen LogP contribution in [-0.2, 0) is 14.4 Å². The molecule has 0 aromatic heterocycles. The molecule has 6 aromatic rings. The van der Waals surface area contributed by atoms with Crippen LogP contribution < -0.4 is 0 Å². The molecule has 0 fully saturated rings. The summed E-state index contributed by atoms with van der Waals surface area (Å²) in [6.07, 6.45) is 31.6. The molecule has 0 radical (unpaired) electrons. The highest BCUT2D eigenvalue weighted by molar-refractivity contribution is 5.94. The van der Waals surface area contributed by atoms with Gasteiger partial charge in [0.25, 0.3) is 11.4 Å². The van der Waals surface area contributed by atoms with Crippen molar-refractivity contribution in [3.63, 3.8) is 0 Å². The second-order valence-electron chi connectivity index (χ2n) is 24.7. The summed E-state index contributed by atoms with van der Waals surface area (Å²) in [6, 6.07) is 23.0. The third-order valence-corrected chi connectivity index (χ3v) is 15.4. The number of aryl methyl sites for hydroxylation is 1. The number of unbranched alkanes of at least 4 members (excludes halogenated alkanes) is 22. The molecular weight excluding hydrogens is 1520 g/mol. The van der Waals surface area contributed by atoms with Gasteiger partial charge in [-0.25, -0.2) is 28.8 Å². The lowest BCUT2D eigenvalue weighted by Gasteiger charge is -2.01. The Morgan fingerprint density at radius 2 is 0.591 bits per heavy atom. The average molecular weight is 1620 g/mol. The lowest BCUT2D eigenvalue weighted by Crippen LogP contribution is -2.02. The smallest absolute Gasteiger partial charge is 0.340 e. The van der Waals surface area contributed by atoms with Gasteiger partial charge >= 0.3 is 70.8 Å². The summed E-state index contributed by atoms with van der Waals surface area (Å²) in [6.45, 7) is 8.57. The van der Waals surface area contributed by atoms with Gasteiger partial charge < -0.3 is 71.5 Å². The summed E-state index contributed by atoms with van der Waals surface area (Å²) < 4.78 is 0. The number of aromatic hydroxyl groups is 5. The minimum Gasteiger partial charge on any atom is -0.508 e. The average Bonchev–Trinajstić information content (AvgIpc) is 0.816. The van der Waals surface area contributed by atoms with Crippen LogP contribution in [-0.4, -0.2) is 150 Å². The molecule has 0 atom stereocenters. The van der Waals surface area contributed by atoms with Crippen LogP contribution in [0.3, 0.4) is 0 Å². The minimum atomic E-state index is -1.69. The molecule has 6 aromatic carbocycles. The number of carboxylic acid groups (broad SMARTS) is 9. The van der Waals surface area contributed by atoms with E-state index in [1.807, 2.05) is 6.92 Å². The number of rotatable bonds is 39. The highest BCUT2D eigenvalue weighted by atomic mass is 16.6. The van der Waals surface area contributed by atoms with Gasteiger partial charge in [-0.1, -0.05) is 198 Å². The molecule has 0 aliphatic heterocycles. The number of nitro groups is 5. The van der Waals surface area contributed by atoms with Crippen LogP contribution in [0.25, 0.3) is 0 Å². The van der Waals surface area contributed by atoms with Crippen LogP contribution in [0.5, 0.6) is 28.7 Å². The Morgan fingerprint density at radius 3 is 0.852 bits per heavy atom. The van der Waals surface area contributed by atoms with Crippen molar-refractivity contribution >= 4 is 82.2 Å². The van der Waals surface area contributed by atoms with Gasteiger partial charge in [0.15, 0.2) is 5.75 Å². The van der Waals surface area contributed by atoms with Crippen LogP contribution in [0.15, 0.2) is 115 Å². The van der Waals surface area contributed by atoms with Gasteiger partial charge in [0.2, 0.25) is 11.5 Å². The molecule has 0 bridgehead atoms. The van der Waals surface area contributed by atoms with E-state index in [0.29, 0.717) is 49.1 Å². The second-order valence-corrected chi connectivity index (χ2v) is 24.7. The first kappa shape index (κ1) is 106. The number of phenols is 5. The number of non-ortho nitro benzene ring substituents is 2. The summed E-state index contributed by atoms with van der Waals surface area (Å²) in [5.41, 5.74) is -4.77. The van der Waals surface area contributed by atoms with E-state index >= 15 is 0 Å². The quantitative estimate of drug-likeness (QED) is 0.00968. The molecule has 632 valence electrons. The minimum absolute atomic E-state index is 0.0279. The fourth-order valence-corrected chi connectivity index (χ4v) is 9.22. The number of carboxylic acids is 9. The molecular formula is C77H101N5O33. The SMILES string of the molecule is CCCCCCCCCC(=O)O.CCCCCCCCCCC(=O)O.CCCCCCCCCCCCC(=O)O.Cc1ccc(C(=O)O)cc1.O=C(O)c1cc([N+](=O)[O-])cc([N+](=O)[O-])c1O.O=C(O)c1cc([N+](=O)[O-])cc([N+](=O)[O-])c1O.O=C(O)c1ccc(O)c([N+](=O)[O-])c1.O=C(O)c1cccc(O)c1.O=C(O)c1ccccc1O. The Balaban J connectivity index is -0.00000123. The molecule has 0 saturated heterocycles. The van der Waals surface area contributed by atoms with Crippen molar-refractivity contribution in [1.82, 2.24) is 0 Å². The Kier molecular flexibility index (Phi) is 57.2. The van der Waals surface area contributed by atoms with Crippen molar-refractivity contribution in [2.24, 2.45) is 0 Å². The van der Waals surface area contributed by atoms with E-state index in [1.54, 1.807) is 36.4 Å². The van der Waals surface area contributed by atoms with E-state index in [0.717, 1.165) is 62.3 Å². The number of nitro benzene ring substituents is 5. The van der Waals surface area contributed by atoms with Crippen LogP contribution in [0.2, 0.25) is 0 Å². The Hall–Kier alpha value is -13.5. The lowest BCUT2D eigenvalue weighted by molar-refractivity contribution is -0.395. The van der Waals surface area contributed by atoms with Gasteiger partial charge in [-0.2, -0.15) is 0 Å². The topological polar surface area (TPSA) is 653 Å². The third-order valence-electron chi connectivity index (χ3n) is 15.4. The van der Waals surface area contributed by atoms with Gasteiger partial charge in [-0.15, -0.1) is 0 Å². The summed E-state index contributed by atoms with van der Waals surface area (Å²) in [4.78, 5) is 140. The van der Waals surface area contributed by atoms with E-state index in [9.17, 15) is 104 Å². The summed E-state index contributed by atoms with van der Waals surface area (Å²) in [5.74, 6) is -12.6. The van der Waals surface area contributed by atoms with Crippen molar-refractivity contribution in [3.05, 3.63) is 205 Å². The van der Waals surface area contributed by atoms with Crippen LogP contribution in [0.4, 0.5) is 28.4 Å². The van der Waals surface area contributed by atoms with Crippen LogP contribution >= 0.6 is 0 Å². The van der Waals surface area contributed by atoms with Gasteiger partial charge in [-0.05, 0) is 80.8 Å². The standard InChI is InChI=1S/C13H26O2.C11H22O2.C10H20O2.C8H8O2.2C7H4N2O7.C7H5NO5.2C7H6O3/c1-2-3-4-5-6-7-8-9-10-11-12-13(14)15;1-2-3-4-5-6-7-8-9-10-11(12)13;1-2-3-4-5-6-7-8-9-10(11)12;1-6-2-4-7(5-3-6)8(9)10;2*10-6-4(7(11)12)1-3(8(13)14)2-5(6)9(15)16;9-6-2-1-4(7(10)11)3-5(6)8(12)13;8-6-3-1-2-5(4-6)7(9)10;8-6-4-2-1-3-5(6)7(9)10/h2-12H2,1H3,(H,14,15);2-10H2,1H3,(H,12,13);2-9H2,1H3,(H,11,12);2-5H,1H3,(H,9,10);2*1-2,10H,(H,11,12);1-3,9H,(H,10,11);2*1-4,8H,(H,9,10). The Bertz CT molecular complexity index is 3910. The van der Waals surface area contributed by atoms with E-state index in [2.05, 4.69) is 20.8 Å². The molecule has 0 heterocycles. The number of hydrogen-bond donors (Lipinski definition) is 14. The fraction of sp³-hybridized carbons (Fsp3) is 0.416. The molecule has 6 rings (SSSR count). The third kappa shape index (κ3) is 51.6. The van der Waals surface area contributed by atoms with Gasteiger partial charge in [-0.3, -0.25) is 65.0 Å². The first-order valence-corrected chi connectivity index (χ1v) is 36.1. The number of nitrogens with zero attached hydrogens (tertiary/aromatic N) is 5. The van der Waals surface area contributed by atoms with E-state index < -0.39 is 135 Å². The zero-order chi connectivity index (χ0) is 88.1. The van der Waals surface area contributed by atoms with Gasteiger partial charge in [0.05, 0.1) is 53.4 Å². The normalized spacial score (nSPS) is 9.77. The van der Waals surface area contributed by atoms with Crippen LogP contribution in [0, 0.1) is 57.5 Å². The predicted molar refractivity (Wildman–Crippen MR) is 416 cm³/mol. The summed E-state index contributed by atoms with van der Waals surface area (Å²) >= 11 is 0. The maximum absolute atomic E-state index is 10.6. The Morgan fingerprint density at radius 1 is 0.287 bits per heavy atom. The zero-order valence-electron chi connectivity index (χ0n) is 64.0. The second kappa shape index (κ2) is 62.2. The molecule has 0 aliphatic rings. The Labute approximate surface area is 660 Å². The number of carbonyl (C=O) groups is 9. The zero-order valence-corrected chi connectivity index (χ0v) is 64.0. The molecule has 0 unspecified atom stereocenters. The fourth-order valence-electron chi connectivity index (χ4n) is 9.22. The molecule has 38 heteroatoms. The predicted octanol–water partition coefficient (Wildman–Crippen LogP) is 17.9. The first-order chi connectivity index (χ1) is 54.1. The van der Waals surface area contributed by atoms with E-state index in [1.165, 1.54) is 158 Å². The molecule has 0 spiro atoms. The molecule has 115 heavy (non-hydrogen) atoms. The molecule has 38 nitrogen and oxygen atoms in total. The molecule has 14 N–H and O–H groups in total. The number of aromatic carboxylic acids is 6. The number of aliphatic carboxylic acids is 3. The monoisotopic (exact) mass is 1620 g/mol. The van der Waals surface area contributed by atoms with E-state index in [4.69, 9.17) is 61.3 Å². The lowest BCUT2D eigenvalue weighted by atomic mass is 10.1. The molecule has 0 aliphatic carbocycles. The molecule has 0 saturated carbocycles. The number of phenolic OH excluding ortho intramolecular Hbond substituents is 2. The van der Waals surface area contributed by atoms with Gasteiger partial charge in [0.1, 0.15) is 28.2 Å².